The van der Waals surface area contributed by atoms with Gasteiger partial charge in [-0.15, -0.1) is 22.7 Å². The first-order valence-corrected chi connectivity index (χ1v) is 28.5. The highest BCUT2D eigenvalue weighted by atomic mass is 79.9. The first kappa shape index (κ1) is 53.9. The van der Waals surface area contributed by atoms with Crippen LogP contribution in [0.25, 0.3) is 131 Å². The average Bonchev–Trinajstić information content (AvgIpc) is 4.20. The van der Waals surface area contributed by atoms with E-state index in [0.29, 0.717) is 4.78 Å². The molecule has 14 rings (SSSR count). The smallest absolute Gasteiger partial charge is 0.423 e. The minimum atomic E-state index is -1.60. The molecule has 4 N–H and O–H groups in total. The second-order valence-electron chi connectivity index (χ2n) is 19.3. The molecule has 80 heavy (non-hydrogen) atoms. The molecule has 0 saturated carbocycles. The molecule has 0 bridgehead atoms. The molecular weight excluding hydrogens is 1100 g/mol. The van der Waals surface area contributed by atoms with Crippen LogP contribution in [0, 0.1) is 0 Å². The quantitative estimate of drug-likeness (QED) is 0.0859. The highest BCUT2D eigenvalue weighted by Crippen LogP contribution is 2.55. The summed E-state index contributed by atoms with van der Waals surface area (Å²) >= 11 is 7.30. The summed E-state index contributed by atoms with van der Waals surface area (Å²) in [7, 11) is -1.60. The molecule has 0 fully saturated rings. The highest BCUT2D eigenvalue weighted by Gasteiger charge is 2.31. The predicted molar refractivity (Wildman–Crippen MR) is 354 cm³/mol. The lowest BCUT2D eigenvalue weighted by Crippen LogP contribution is -2.28. The van der Waals surface area contributed by atoms with Crippen LogP contribution in [-0.4, -0.2) is 22.6 Å². The van der Waals surface area contributed by atoms with E-state index in [1.807, 2.05) is 65.9 Å². The van der Waals surface area contributed by atoms with Gasteiger partial charge in [0.2, 0.25) is 0 Å². The van der Waals surface area contributed by atoms with Crippen molar-refractivity contribution in [3.05, 3.63) is 283 Å². The number of thiophene rings is 2. The zero-order valence-corrected chi connectivity index (χ0v) is 48.1. The topological polar surface area (TPSA) is 72.0 Å². The van der Waals surface area contributed by atoms with Gasteiger partial charge in [-0.1, -0.05) is 279 Å². The van der Waals surface area contributed by atoms with Gasteiger partial charge in [0.15, 0.2) is 0 Å². The molecule has 0 aliphatic heterocycles. The van der Waals surface area contributed by atoms with Crippen LogP contribution in [0.5, 0.6) is 0 Å². The third kappa shape index (κ3) is 9.82. The van der Waals surface area contributed by atoms with Gasteiger partial charge in [-0.05, 0) is 104 Å². The summed E-state index contributed by atoms with van der Waals surface area (Å²) in [6.45, 7) is 0. The van der Waals surface area contributed by atoms with Crippen molar-refractivity contribution < 1.29 is 15.5 Å². The second-order valence-corrected chi connectivity index (χ2v) is 22.6. The van der Waals surface area contributed by atoms with Crippen LogP contribution in [0.4, 0.5) is 0 Å². The van der Waals surface area contributed by atoms with Crippen LogP contribution in [0.3, 0.4) is 0 Å². The molecule has 0 amide bonds. The third-order valence-electron chi connectivity index (χ3n) is 14.7. The Hall–Kier alpha value is -8.07. The Morgan fingerprint density at radius 3 is 0.750 bits per heavy atom. The Balaban J connectivity index is 0.000000165. The Morgan fingerprint density at radius 1 is 0.250 bits per heavy atom. The van der Waals surface area contributed by atoms with E-state index in [0.717, 1.165) is 47.3 Å². The van der Waals surface area contributed by atoms with Gasteiger partial charge in [0, 0.05) is 47.9 Å². The van der Waals surface area contributed by atoms with Crippen molar-refractivity contribution >= 4 is 103 Å². The van der Waals surface area contributed by atoms with Crippen LogP contribution in [0.15, 0.2) is 283 Å². The first-order valence-electron chi connectivity index (χ1n) is 26.1. The Labute approximate surface area is 486 Å². The maximum absolute atomic E-state index is 10.7. The lowest BCUT2D eigenvalue weighted by Gasteiger charge is -2.18. The lowest BCUT2D eigenvalue weighted by atomic mass is 9.80. The Kier molecular flexibility index (Phi) is 16.0. The molecule has 1 unspecified atom stereocenters. The van der Waals surface area contributed by atoms with Crippen LogP contribution in [-0.2, 0) is 0 Å². The van der Waals surface area contributed by atoms with Crippen LogP contribution in [0.2, 0.25) is 0 Å². The largest absolute Gasteiger partial charge is 0.499 e. The van der Waals surface area contributed by atoms with E-state index in [9.17, 15) is 10.0 Å². The van der Waals surface area contributed by atoms with Crippen molar-refractivity contribution in [3.63, 3.8) is 0 Å². The summed E-state index contributed by atoms with van der Waals surface area (Å²) in [5.74, 6) is 0. The summed E-state index contributed by atoms with van der Waals surface area (Å²) in [5, 5.41) is 31.1. The number of halogens is 1. The van der Waals surface area contributed by atoms with Crippen LogP contribution < -0.4 is 4.78 Å². The fraction of sp³-hybridized carbons (Fsp3) is 0. The fourth-order valence-electron chi connectivity index (χ4n) is 11.5. The predicted octanol–water partition coefficient (Wildman–Crippen LogP) is 19.1. The maximum Gasteiger partial charge on any atom is 0.499 e. The maximum atomic E-state index is 10.7. The lowest BCUT2D eigenvalue weighted by molar-refractivity contribution is 0.427. The third-order valence-corrected chi connectivity index (χ3v) is 17.9. The number of hydrogen-bond donors (Lipinski definition) is 2. The highest BCUT2D eigenvalue weighted by molar-refractivity contribution is 9.11. The summed E-state index contributed by atoms with van der Waals surface area (Å²) in [6, 6.07) is 98.1. The zero-order chi connectivity index (χ0) is 52.5. The average molecular weight is 1150 g/mol. The SMILES string of the molecule is Brc1sc(-c2c3ccccc3c(-c3ccccc3)c3ccccc23)c(-c2ccccc2)c1-c1ccccc1.O.OB(O)c1sc(-c2c3ccccc3c(-c3ccccc3)c3ccccc23)c(-c2ccccc2)c1-c1ccccc1.P. The fourth-order valence-corrected chi connectivity index (χ4v) is 14.8. The van der Waals surface area contributed by atoms with Crippen LogP contribution >= 0.6 is 48.5 Å². The normalized spacial score (nSPS) is 11.0. The molecule has 2 aromatic heterocycles. The molecule has 3 nitrogen and oxygen atoms in total. The molecule has 12 aromatic carbocycles. The first-order chi connectivity index (χ1) is 38.5. The van der Waals surface area contributed by atoms with E-state index >= 15 is 0 Å². The van der Waals surface area contributed by atoms with Crippen molar-refractivity contribution in [2.45, 2.75) is 0 Å². The minimum Gasteiger partial charge on any atom is -0.423 e. The summed E-state index contributed by atoms with van der Waals surface area (Å²) in [5.41, 5.74) is 16.2. The van der Waals surface area contributed by atoms with E-state index in [4.69, 9.17) is 0 Å². The number of benzene rings is 12. The number of rotatable bonds is 9. The Bertz CT molecular complexity index is 4350. The summed E-state index contributed by atoms with van der Waals surface area (Å²) in [4.78, 5) is 2.31. The molecule has 0 saturated heterocycles. The number of hydrogen-bond acceptors (Lipinski definition) is 4. The van der Waals surface area contributed by atoms with E-state index in [1.165, 1.54) is 98.6 Å². The van der Waals surface area contributed by atoms with E-state index in [2.05, 4.69) is 240 Å². The molecule has 386 valence electrons. The van der Waals surface area contributed by atoms with Crippen LogP contribution in [0.1, 0.15) is 0 Å². The van der Waals surface area contributed by atoms with E-state index in [-0.39, 0.29) is 15.4 Å². The molecule has 0 radical (unpaired) electrons. The van der Waals surface area contributed by atoms with Gasteiger partial charge in [0.1, 0.15) is 0 Å². The zero-order valence-electron chi connectivity index (χ0n) is 43.4. The molecule has 14 aromatic rings. The molecule has 2 heterocycles. The van der Waals surface area contributed by atoms with Crippen molar-refractivity contribution in [2.75, 3.05) is 0 Å². The van der Waals surface area contributed by atoms with Crippen molar-refractivity contribution in [1.82, 2.24) is 0 Å². The second kappa shape index (κ2) is 23.7. The monoisotopic (exact) mass is 1150 g/mol. The molecule has 1 atom stereocenters. The molecule has 8 heteroatoms. The van der Waals surface area contributed by atoms with E-state index in [1.54, 1.807) is 0 Å². The van der Waals surface area contributed by atoms with Crippen molar-refractivity contribution in [3.8, 4) is 87.6 Å². The Morgan fingerprint density at radius 2 is 0.463 bits per heavy atom. The van der Waals surface area contributed by atoms with Gasteiger partial charge < -0.3 is 15.5 Å². The van der Waals surface area contributed by atoms with Gasteiger partial charge in [-0.25, -0.2) is 0 Å². The standard InChI is InChI=1S/C36H25BO2S.C36H23BrS.H2O.H3P/c38-37(39)36-33(26-18-8-3-9-19-26)32(25-16-6-2-7-17-25)35(40-36)34-29-22-12-10-20-27(29)31(24-14-4-1-5-15-24)28-21-11-13-23-30(28)34;37-36-33(26-18-8-3-9-19-26)32(25-16-6-2-7-17-25)35(38-36)34-29-22-12-10-20-27(29)31(24-14-4-1-5-15-24)28-21-11-13-23-30(28)34;;/h1-23,38-39H;1-23H;1H2;1H3. The summed E-state index contributed by atoms with van der Waals surface area (Å²) < 4.78 is 1.69. The molecule has 0 spiro atoms. The van der Waals surface area contributed by atoms with E-state index < -0.39 is 7.12 Å². The van der Waals surface area contributed by atoms with Gasteiger partial charge in [0.05, 0.1) is 3.79 Å². The molecular formula is C72H53BBrO3PS2. The number of fused-ring (bicyclic) bond motifs is 4. The molecule has 0 aliphatic rings. The summed E-state index contributed by atoms with van der Waals surface area (Å²) in [6.07, 6.45) is 0. The minimum absolute atomic E-state index is 0. The van der Waals surface area contributed by atoms with Gasteiger partial charge in [-0.2, -0.15) is 9.90 Å². The van der Waals surface area contributed by atoms with Gasteiger partial charge >= 0.3 is 7.12 Å². The van der Waals surface area contributed by atoms with Gasteiger partial charge in [0.25, 0.3) is 0 Å². The van der Waals surface area contributed by atoms with Crippen molar-refractivity contribution in [2.24, 2.45) is 0 Å². The molecule has 0 aliphatic carbocycles. The van der Waals surface area contributed by atoms with Crippen molar-refractivity contribution in [1.29, 1.82) is 0 Å². The van der Waals surface area contributed by atoms with Gasteiger partial charge in [-0.3, -0.25) is 0 Å².